The molecular formula is C13H17N3O3. The number of aromatic nitrogens is 2. The lowest BCUT2D eigenvalue weighted by Gasteiger charge is -2.35. The quantitative estimate of drug-likeness (QED) is 0.869. The fourth-order valence-electron chi connectivity index (χ4n) is 2.16. The molecule has 1 aliphatic heterocycles. The Labute approximate surface area is 111 Å². The van der Waals surface area contributed by atoms with Crippen LogP contribution in [0.15, 0.2) is 12.4 Å². The van der Waals surface area contributed by atoms with Crippen molar-refractivity contribution >= 4 is 11.9 Å². The van der Waals surface area contributed by atoms with Crippen molar-refractivity contribution in [2.24, 2.45) is 11.8 Å². The second-order valence-corrected chi connectivity index (χ2v) is 5.09. The zero-order chi connectivity index (χ0) is 14.0. The Morgan fingerprint density at radius 2 is 1.84 bits per heavy atom. The number of hydrogen-bond donors (Lipinski definition) is 1. The molecule has 0 radical (unpaired) electrons. The molecule has 6 heteroatoms. The summed E-state index contributed by atoms with van der Waals surface area (Å²) in [6.07, 6.45) is 3.33. The van der Waals surface area contributed by atoms with E-state index < -0.39 is 5.97 Å². The van der Waals surface area contributed by atoms with Gasteiger partial charge in [0.05, 0.1) is 12.4 Å². The molecule has 19 heavy (non-hydrogen) atoms. The van der Waals surface area contributed by atoms with E-state index in [-0.39, 0.29) is 17.3 Å². The van der Waals surface area contributed by atoms with Gasteiger partial charge in [0.25, 0.3) is 5.91 Å². The third-order valence-electron chi connectivity index (χ3n) is 3.71. The van der Waals surface area contributed by atoms with Gasteiger partial charge in [-0.05, 0) is 18.3 Å². The first-order valence-corrected chi connectivity index (χ1v) is 6.33. The first-order chi connectivity index (χ1) is 8.99. The highest BCUT2D eigenvalue weighted by molar-refractivity contribution is 5.92. The molecule has 2 rings (SSSR count). The second-order valence-electron chi connectivity index (χ2n) is 5.09. The van der Waals surface area contributed by atoms with Gasteiger partial charge in [0.1, 0.15) is 5.69 Å². The Balaban J connectivity index is 2.09. The van der Waals surface area contributed by atoms with Crippen molar-refractivity contribution in [1.29, 1.82) is 0 Å². The van der Waals surface area contributed by atoms with E-state index in [1.807, 2.05) is 0 Å². The summed E-state index contributed by atoms with van der Waals surface area (Å²) in [4.78, 5) is 32.2. The van der Waals surface area contributed by atoms with Crippen molar-refractivity contribution in [1.82, 2.24) is 14.9 Å². The maximum Gasteiger partial charge on any atom is 0.356 e. The summed E-state index contributed by atoms with van der Waals surface area (Å²) in [5, 5.41) is 8.73. The first kappa shape index (κ1) is 13.5. The van der Waals surface area contributed by atoms with Crippen molar-refractivity contribution in [2.75, 3.05) is 13.1 Å². The molecule has 6 nitrogen and oxygen atoms in total. The Morgan fingerprint density at radius 3 is 2.37 bits per heavy atom. The number of hydrogen-bond acceptors (Lipinski definition) is 4. The third-order valence-corrected chi connectivity index (χ3v) is 3.71. The van der Waals surface area contributed by atoms with Crippen LogP contribution in [0.1, 0.15) is 41.2 Å². The van der Waals surface area contributed by atoms with Crippen LogP contribution < -0.4 is 0 Å². The van der Waals surface area contributed by atoms with Crippen LogP contribution in [0.2, 0.25) is 0 Å². The summed E-state index contributed by atoms with van der Waals surface area (Å²) in [7, 11) is 0. The van der Waals surface area contributed by atoms with E-state index in [1.54, 1.807) is 4.90 Å². The van der Waals surface area contributed by atoms with Crippen LogP contribution in [0.4, 0.5) is 0 Å². The molecule has 0 aromatic carbocycles. The minimum Gasteiger partial charge on any atom is -0.476 e. The molecule has 1 saturated heterocycles. The molecule has 1 fully saturated rings. The van der Waals surface area contributed by atoms with Gasteiger partial charge in [0.2, 0.25) is 0 Å². The average Bonchev–Trinajstić information content (AvgIpc) is 2.41. The lowest BCUT2D eigenvalue weighted by atomic mass is 9.88. The molecule has 0 bridgehead atoms. The minimum atomic E-state index is -1.15. The summed E-state index contributed by atoms with van der Waals surface area (Å²) in [6, 6.07) is 0. The van der Waals surface area contributed by atoms with Crippen LogP contribution in [0.5, 0.6) is 0 Å². The van der Waals surface area contributed by atoms with Gasteiger partial charge in [-0.3, -0.25) is 4.79 Å². The molecule has 2 atom stereocenters. The lowest BCUT2D eigenvalue weighted by Crippen LogP contribution is -2.42. The number of carboxylic acid groups (broad SMARTS) is 1. The zero-order valence-electron chi connectivity index (χ0n) is 11.0. The average molecular weight is 263 g/mol. The van der Waals surface area contributed by atoms with E-state index in [2.05, 4.69) is 23.8 Å². The van der Waals surface area contributed by atoms with Gasteiger partial charge < -0.3 is 10.0 Å². The summed E-state index contributed by atoms with van der Waals surface area (Å²) in [5.41, 5.74) is 0.0453. The van der Waals surface area contributed by atoms with E-state index >= 15 is 0 Å². The van der Waals surface area contributed by atoms with Gasteiger partial charge >= 0.3 is 5.97 Å². The van der Waals surface area contributed by atoms with E-state index in [0.29, 0.717) is 24.9 Å². The standard InChI is InChI=1S/C13H17N3O3/c1-8-3-4-16(7-9(8)2)12(17)10-5-15-11(6-14-10)13(18)19/h5-6,8-9H,3-4,7H2,1-2H3,(H,18,19). The van der Waals surface area contributed by atoms with Gasteiger partial charge in [-0.25, -0.2) is 14.8 Å². The number of amides is 1. The molecule has 0 aliphatic carbocycles. The molecule has 1 aliphatic rings. The summed E-state index contributed by atoms with van der Waals surface area (Å²) < 4.78 is 0. The molecule has 1 N–H and O–H groups in total. The van der Waals surface area contributed by atoms with Crippen LogP contribution in [0.3, 0.4) is 0 Å². The molecule has 102 valence electrons. The van der Waals surface area contributed by atoms with Crippen molar-refractivity contribution < 1.29 is 14.7 Å². The first-order valence-electron chi connectivity index (χ1n) is 6.33. The molecular weight excluding hydrogens is 246 g/mol. The Hall–Kier alpha value is -1.98. The van der Waals surface area contributed by atoms with Crippen molar-refractivity contribution in [3.05, 3.63) is 23.8 Å². The lowest BCUT2D eigenvalue weighted by molar-refractivity contribution is 0.0617. The molecule has 1 aromatic rings. The van der Waals surface area contributed by atoms with Gasteiger partial charge in [-0.2, -0.15) is 0 Å². The van der Waals surface area contributed by atoms with Crippen LogP contribution in [-0.4, -0.2) is 44.9 Å². The van der Waals surface area contributed by atoms with Crippen LogP contribution in [-0.2, 0) is 0 Å². The maximum atomic E-state index is 12.2. The molecule has 2 unspecified atom stereocenters. The smallest absolute Gasteiger partial charge is 0.356 e. The molecule has 1 amide bonds. The number of aromatic carboxylic acids is 1. The van der Waals surface area contributed by atoms with Crippen molar-refractivity contribution in [3.8, 4) is 0 Å². The number of nitrogens with zero attached hydrogens (tertiary/aromatic N) is 3. The summed E-state index contributed by atoms with van der Waals surface area (Å²) in [5.74, 6) is -0.247. The molecule has 0 spiro atoms. The van der Waals surface area contributed by atoms with Crippen molar-refractivity contribution in [3.63, 3.8) is 0 Å². The van der Waals surface area contributed by atoms with Crippen LogP contribution >= 0.6 is 0 Å². The van der Waals surface area contributed by atoms with E-state index in [4.69, 9.17) is 5.11 Å². The predicted octanol–water partition coefficient (Wildman–Crippen LogP) is 1.29. The summed E-state index contributed by atoms with van der Waals surface area (Å²) >= 11 is 0. The maximum absolute atomic E-state index is 12.2. The number of carboxylic acids is 1. The van der Waals surface area contributed by atoms with Crippen molar-refractivity contribution in [2.45, 2.75) is 20.3 Å². The number of rotatable bonds is 2. The van der Waals surface area contributed by atoms with E-state index in [0.717, 1.165) is 12.6 Å². The predicted molar refractivity (Wildman–Crippen MR) is 67.8 cm³/mol. The third kappa shape index (κ3) is 2.89. The highest BCUT2D eigenvalue weighted by Gasteiger charge is 2.27. The SMILES string of the molecule is CC1CCN(C(=O)c2cnc(C(=O)O)cn2)CC1C. The number of carbonyl (C=O) groups excluding carboxylic acids is 1. The highest BCUT2D eigenvalue weighted by atomic mass is 16.4. The van der Waals surface area contributed by atoms with E-state index in [1.165, 1.54) is 6.20 Å². The van der Waals surface area contributed by atoms with Crippen LogP contribution in [0.25, 0.3) is 0 Å². The monoisotopic (exact) mass is 263 g/mol. The van der Waals surface area contributed by atoms with Crippen LogP contribution in [0, 0.1) is 11.8 Å². The fourth-order valence-corrected chi connectivity index (χ4v) is 2.16. The summed E-state index contributed by atoms with van der Waals surface area (Å²) in [6.45, 7) is 5.74. The largest absolute Gasteiger partial charge is 0.476 e. The van der Waals surface area contributed by atoms with Gasteiger partial charge in [-0.1, -0.05) is 13.8 Å². The Morgan fingerprint density at radius 1 is 1.21 bits per heavy atom. The topological polar surface area (TPSA) is 83.4 Å². The van der Waals surface area contributed by atoms with Gasteiger partial charge in [0.15, 0.2) is 5.69 Å². The molecule has 2 heterocycles. The Bertz CT molecular complexity index is 486. The van der Waals surface area contributed by atoms with Gasteiger partial charge in [0, 0.05) is 13.1 Å². The number of likely N-dealkylation sites (tertiary alicyclic amines) is 1. The highest BCUT2D eigenvalue weighted by Crippen LogP contribution is 2.23. The minimum absolute atomic E-state index is 0.155. The van der Waals surface area contributed by atoms with Gasteiger partial charge in [-0.15, -0.1) is 0 Å². The zero-order valence-corrected chi connectivity index (χ0v) is 11.0. The van der Waals surface area contributed by atoms with E-state index in [9.17, 15) is 9.59 Å². The number of piperidine rings is 1. The normalized spacial score (nSPS) is 23.2. The Kier molecular flexibility index (Phi) is 3.78. The second kappa shape index (κ2) is 5.34. The molecule has 1 aromatic heterocycles. The molecule has 0 saturated carbocycles. The number of carbonyl (C=O) groups is 2. The fraction of sp³-hybridized carbons (Fsp3) is 0.538.